The average Bonchev–Trinajstić information content (AvgIpc) is 3.12. The summed E-state index contributed by atoms with van der Waals surface area (Å²) >= 11 is 0. The number of carbonyl (C=O) groups is 1. The maximum atomic E-state index is 12.2. The molecule has 0 aliphatic carbocycles. The fourth-order valence-electron chi connectivity index (χ4n) is 2.83. The molecule has 1 amide bonds. The number of nitrogens with zero attached hydrogens (tertiary/aromatic N) is 2. The van der Waals surface area contributed by atoms with Crippen molar-refractivity contribution in [2.75, 3.05) is 29.2 Å². The van der Waals surface area contributed by atoms with E-state index in [-0.39, 0.29) is 37.8 Å². The predicted octanol–water partition coefficient (Wildman–Crippen LogP) is 2.51. The molecule has 0 aromatic heterocycles. The lowest BCUT2D eigenvalue weighted by Gasteiger charge is -2.22. The van der Waals surface area contributed by atoms with Crippen molar-refractivity contribution in [3.8, 4) is 11.5 Å². The van der Waals surface area contributed by atoms with Gasteiger partial charge in [-0.05, 0) is 24.6 Å². The van der Waals surface area contributed by atoms with Crippen molar-refractivity contribution in [1.82, 2.24) is 0 Å². The predicted molar refractivity (Wildman–Crippen MR) is 106 cm³/mol. The van der Waals surface area contributed by atoms with Crippen LogP contribution in [0.3, 0.4) is 0 Å². The smallest absolute Gasteiger partial charge is 0.271 e. The van der Waals surface area contributed by atoms with E-state index in [1.54, 1.807) is 24.3 Å². The number of amides is 1. The van der Waals surface area contributed by atoms with Crippen LogP contribution < -0.4 is 19.1 Å². The van der Waals surface area contributed by atoms with Crippen LogP contribution in [0.5, 0.6) is 11.5 Å². The fourth-order valence-corrected chi connectivity index (χ4v) is 3.79. The summed E-state index contributed by atoms with van der Waals surface area (Å²) in [5.74, 6) is 0.628. The minimum absolute atomic E-state index is 0.0409. The number of non-ortho nitro benzene ring substituents is 1. The van der Waals surface area contributed by atoms with Crippen molar-refractivity contribution in [2.45, 2.75) is 12.8 Å². The second-order valence-corrected chi connectivity index (χ2v) is 8.24. The van der Waals surface area contributed by atoms with Crippen LogP contribution in [0, 0.1) is 10.1 Å². The molecule has 1 N–H and O–H groups in total. The molecule has 0 unspecified atom stereocenters. The lowest BCUT2D eigenvalue weighted by Crippen LogP contribution is -2.31. The van der Waals surface area contributed by atoms with E-state index in [1.807, 2.05) is 0 Å². The minimum Gasteiger partial charge on any atom is -0.454 e. The summed E-state index contributed by atoms with van der Waals surface area (Å²) in [5.41, 5.74) is 0.588. The third-order valence-electron chi connectivity index (χ3n) is 4.15. The molecule has 1 heterocycles. The summed E-state index contributed by atoms with van der Waals surface area (Å²) in [6.07, 6.45) is 1.38. The lowest BCUT2D eigenvalue weighted by atomic mass is 10.2. The largest absolute Gasteiger partial charge is 0.454 e. The third-order valence-corrected chi connectivity index (χ3v) is 5.34. The number of ether oxygens (including phenoxy) is 2. The SMILES string of the molecule is CS(=O)(=O)N(CCCC(=O)Nc1cccc([N+](=O)[O-])c1)c1ccc2c(c1)OCO2. The van der Waals surface area contributed by atoms with Gasteiger partial charge in [0.25, 0.3) is 5.69 Å². The fraction of sp³-hybridized carbons (Fsp3) is 0.278. The highest BCUT2D eigenvalue weighted by atomic mass is 32.2. The summed E-state index contributed by atoms with van der Waals surface area (Å²) < 4.78 is 36.1. The topological polar surface area (TPSA) is 128 Å². The summed E-state index contributed by atoms with van der Waals surface area (Å²) in [7, 11) is -3.58. The minimum atomic E-state index is -3.58. The Morgan fingerprint density at radius 2 is 1.97 bits per heavy atom. The molecule has 0 saturated carbocycles. The Bertz CT molecular complexity index is 1040. The van der Waals surface area contributed by atoms with E-state index in [9.17, 15) is 23.3 Å². The molecular weight excluding hydrogens is 402 g/mol. The van der Waals surface area contributed by atoms with Gasteiger partial charge in [-0.15, -0.1) is 0 Å². The van der Waals surface area contributed by atoms with Crippen LogP contribution in [0.15, 0.2) is 42.5 Å². The highest BCUT2D eigenvalue weighted by Gasteiger charge is 2.21. The van der Waals surface area contributed by atoms with Crippen LogP contribution >= 0.6 is 0 Å². The first-order valence-corrected chi connectivity index (χ1v) is 10.5. The van der Waals surface area contributed by atoms with Gasteiger partial charge in [0.2, 0.25) is 22.7 Å². The second kappa shape index (κ2) is 8.35. The van der Waals surface area contributed by atoms with E-state index in [4.69, 9.17) is 9.47 Å². The quantitative estimate of drug-likeness (QED) is 0.512. The molecule has 0 radical (unpaired) electrons. The number of sulfonamides is 1. The zero-order valence-electron chi connectivity index (χ0n) is 15.5. The van der Waals surface area contributed by atoms with Gasteiger partial charge in [-0.3, -0.25) is 19.2 Å². The van der Waals surface area contributed by atoms with Crippen molar-refractivity contribution in [3.63, 3.8) is 0 Å². The van der Waals surface area contributed by atoms with Crippen LogP contribution in [0.1, 0.15) is 12.8 Å². The highest BCUT2D eigenvalue weighted by Crippen LogP contribution is 2.36. The number of hydrogen-bond acceptors (Lipinski definition) is 7. The first-order chi connectivity index (χ1) is 13.7. The Hall–Kier alpha value is -3.34. The standard InChI is InChI=1S/C18H19N3O7S/c1-29(25,26)20(14-7-8-16-17(11-14)28-12-27-16)9-3-6-18(22)19-13-4-2-5-15(10-13)21(23)24/h2,4-5,7-8,10-11H,3,6,9,12H2,1H3,(H,19,22). The van der Waals surface area contributed by atoms with Gasteiger partial charge in [0.1, 0.15) is 0 Å². The van der Waals surface area contributed by atoms with Crippen LogP contribution in [-0.4, -0.2) is 38.8 Å². The first-order valence-electron chi connectivity index (χ1n) is 8.66. The summed E-state index contributed by atoms with van der Waals surface area (Å²) in [5, 5.41) is 13.4. The molecule has 29 heavy (non-hydrogen) atoms. The number of nitro benzene ring substituents is 1. The van der Waals surface area contributed by atoms with Crippen molar-refractivity contribution in [1.29, 1.82) is 0 Å². The van der Waals surface area contributed by atoms with E-state index < -0.39 is 14.9 Å². The number of fused-ring (bicyclic) bond motifs is 1. The average molecular weight is 421 g/mol. The van der Waals surface area contributed by atoms with Crippen LogP contribution in [0.2, 0.25) is 0 Å². The molecule has 0 saturated heterocycles. The Kier molecular flexibility index (Phi) is 5.87. The van der Waals surface area contributed by atoms with Gasteiger partial charge >= 0.3 is 0 Å². The maximum absolute atomic E-state index is 12.2. The molecule has 3 rings (SSSR count). The van der Waals surface area contributed by atoms with Gasteiger partial charge in [-0.25, -0.2) is 8.42 Å². The molecule has 154 valence electrons. The second-order valence-electron chi connectivity index (χ2n) is 6.33. The lowest BCUT2D eigenvalue weighted by molar-refractivity contribution is -0.384. The molecule has 11 heteroatoms. The molecule has 0 bridgehead atoms. The molecule has 0 fully saturated rings. The summed E-state index contributed by atoms with van der Waals surface area (Å²) in [6, 6.07) is 10.4. The summed E-state index contributed by atoms with van der Waals surface area (Å²) in [4.78, 5) is 22.4. The maximum Gasteiger partial charge on any atom is 0.271 e. The van der Waals surface area contributed by atoms with E-state index in [0.717, 1.165) is 6.26 Å². The third kappa shape index (κ3) is 5.13. The zero-order valence-corrected chi connectivity index (χ0v) is 16.3. The van der Waals surface area contributed by atoms with E-state index in [2.05, 4.69) is 5.32 Å². The van der Waals surface area contributed by atoms with Gasteiger partial charge in [0.05, 0.1) is 16.9 Å². The van der Waals surface area contributed by atoms with Gasteiger partial charge < -0.3 is 14.8 Å². The van der Waals surface area contributed by atoms with Crippen molar-refractivity contribution >= 4 is 33.0 Å². The van der Waals surface area contributed by atoms with Crippen LogP contribution in [0.25, 0.3) is 0 Å². The molecule has 2 aromatic rings. The number of nitro groups is 1. The van der Waals surface area contributed by atoms with Gasteiger partial charge in [0, 0.05) is 36.9 Å². The number of nitrogens with one attached hydrogen (secondary N) is 1. The van der Waals surface area contributed by atoms with Gasteiger partial charge in [-0.2, -0.15) is 0 Å². The first kappa shape index (κ1) is 20.4. The molecular formula is C18H19N3O7S. The van der Waals surface area contributed by atoms with Gasteiger partial charge in [-0.1, -0.05) is 6.07 Å². The Labute approximate surface area is 167 Å². The Morgan fingerprint density at radius 3 is 2.69 bits per heavy atom. The van der Waals surface area contributed by atoms with Crippen molar-refractivity contribution in [2.24, 2.45) is 0 Å². The highest BCUT2D eigenvalue weighted by molar-refractivity contribution is 7.92. The molecule has 0 spiro atoms. The number of carbonyl (C=O) groups excluding carboxylic acids is 1. The van der Waals surface area contributed by atoms with E-state index in [1.165, 1.54) is 22.5 Å². The molecule has 2 aromatic carbocycles. The molecule has 1 aliphatic rings. The number of rotatable bonds is 8. The zero-order chi connectivity index (χ0) is 21.0. The van der Waals surface area contributed by atoms with Crippen LogP contribution in [0.4, 0.5) is 17.1 Å². The number of hydrogen-bond donors (Lipinski definition) is 1. The Balaban J connectivity index is 1.61. The number of anilines is 2. The molecule has 10 nitrogen and oxygen atoms in total. The number of benzene rings is 2. The van der Waals surface area contributed by atoms with Crippen LogP contribution in [-0.2, 0) is 14.8 Å². The normalized spacial score (nSPS) is 12.4. The Morgan fingerprint density at radius 1 is 1.21 bits per heavy atom. The van der Waals surface area contributed by atoms with Gasteiger partial charge in [0.15, 0.2) is 11.5 Å². The molecule has 1 aliphatic heterocycles. The molecule has 0 atom stereocenters. The van der Waals surface area contributed by atoms with E-state index in [0.29, 0.717) is 22.9 Å². The van der Waals surface area contributed by atoms with Crippen molar-refractivity contribution < 1.29 is 27.6 Å². The summed E-state index contributed by atoms with van der Waals surface area (Å²) in [6.45, 7) is 0.163. The monoisotopic (exact) mass is 421 g/mol. The van der Waals surface area contributed by atoms with E-state index >= 15 is 0 Å². The van der Waals surface area contributed by atoms with Crippen molar-refractivity contribution in [3.05, 3.63) is 52.6 Å².